The molecule has 4 rings (SSSR count). The van der Waals surface area contributed by atoms with E-state index in [1.54, 1.807) is 24.3 Å². The molecular weight excluding hydrogens is 449 g/mol. The number of rotatable bonds is 3. The van der Waals surface area contributed by atoms with Crippen molar-refractivity contribution in [2.45, 2.75) is 18.5 Å². The molecule has 33 heavy (non-hydrogen) atoms. The quantitative estimate of drug-likeness (QED) is 0.648. The number of ether oxygens (including phenoxy) is 1. The first-order chi connectivity index (χ1) is 15.8. The molecule has 2 aliphatic rings. The molecule has 0 N–H and O–H groups in total. The van der Waals surface area contributed by atoms with E-state index in [2.05, 4.69) is 5.92 Å². The van der Waals surface area contributed by atoms with E-state index >= 15 is 0 Å². The molecule has 2 saturated heterocycles. The van der Waals surface area contributed by atoms with Crippen LogP contribution < -0.4 is 4.90 Å². The molecule has 0 bridgehead atoms. The Labute approximate surface area is 195 Å². The Morgan fingerprint density at radius 1 is 1.24 bits per heavy atom. The largest absolute Gasteiger partial charge is 0.453 e. The summed E-state index contributed by atoms with van der Waals surface area (Å²) < 4.78 is 19.6. The summed E-state index contributed by atoms with van der Waals surface area (Å²) in [4.78, 5) is 43.4. The van der Waals surface area contributed by atoms with E-state index in [4.69, 9.17) is 22.8 Å². The van der Waals surface area contributed by atoms with Crippen molar-refractivity contribution in [1.82, 2.24) is 9.80 Å². The van der Waals surface area contributed by atoms with Gasteiger partial charge in [0.1, 0.15) is 17.9 Å². The molecule has 1 atom stereocenters. The summed E-state index contributed by atoms with van der Waals surface area (Å²) in [5.74, 6) is 0.818. The molecule has 1 unspecified atom stereocenters. The summed E-state index contributed by atoms with van der Waals surface area (Å²) in [7, 11) is 1.25. The van der Waals surface area contributed by atoms with Crippen LogP contribution in [0.25, 0.3) is 0 Å². The average Bonchev–Trinajstić information content (AvgIpc) is 3.26. The van der Waals surface area contributed by atoms with Crippen LogP contribution in [0, 0.1) is 18.2 Å². The second-order valence-corrected chi connectivity index (χ2v) is 8.42. The molecule has 0 aromatic heterocycles. The van der Waals surface area contributed by atoms with Crippen LogP contribution in [0.4, 0.5) is 14.9 Å². The Morgan fingerprint density at radius 2 is 1.97 bits per heavy atom. The summed E-state index contributed by atoms with van der Waals surface area (Å²) in [6.45, 7) is -0.0324. The average molecular weight is 470 g/mol. The minimum atomic E-state index is -1.36. The SMILES string of the molecule is C#Cc1ccc(N2CC(=O)N(Cc3ccc(Cl)cc3)C3(CCN(C(=O)OC)C3)C2=O)c(F)c1. The van der Waals surface area contributed by atoms with Gasteiger partial charge in [0.2, 0.25) is 5.91 Å². The number of methoxy groups -OCH3 is 1. The molecule has 0 radical (unpaired) electrons. The number of likely N-dealkylation sites (tertiary alicyclic amines) is 1. The van der Waals surface area contributed by atoms with E-state index in [1.807, 2.05) is 0 Å². The van der Waals surface area contributed by atoms with E-state index in [-0.39, 0.29) is 44.2 Å². The fourth-order valence-electron chi connectivity index (χ4n) is 4.39. The first-order valence-corrected chi connectivity index (χ1v) is 10.6. The first kappa shape index (κ1) is 22.6. The molecule has 2 heterocycles. The van der Waals surface area contributed by atoms with Crippen molar-refractivity contribution in [2.75, 3.05) is 31.6 Å². The first-order valence-electron chi connectivity index (χ1n) is 10.2. The molecule has 2 aliphatic heterocycles. The van der Waals surface area contributed by atoms with Gasteiger partial charge in [0, 0.05) is 23.7 Å². The van der Waals surface area contributed by atoms with Gasteiger partial charge >= 0.3 is 6.09 Å². The second kappa shape index (κ2) is 8.75. The van der Waals surface area contributed by atoms with Crippen molar-refractivity contribution in [3.63, 3.8) is 0 Å². The number of carbonyl (C=O) groups excluding carboxylic acids is 3. The highest BCUT2D eigenvalue weighted by Crippen LogP contribution is 2.37. The number of hydrogen-bond donors (Lipinski definition) is 0. The number of carbonyl (C=O) groups is 3. The molecule has 2 fully saturated rings. The van der Waals surface area contributed by atoms with Crippen LogP contribution in [-0.2, 0) is 20.9 Å². The maximum Gasteiger partial charge on any atom is 0.409 e. The number of terminal acetylenes is 1. The van der Waals surface area contributed by atoms with Gasteiger partial charge in [-0.25, -0.2) is 9.18 Å². The van der Waals surface area contributed by atoms with E-state index in [0.717, 1.165) is 16.5 Å². The molecule has 0 saturated carbocycles. The van der Waals surface area contributed by atoms with Crippen LogP contribution >= 0.6 is 11.6 Å². The van der Waals surface area contributed by atoms with Crippen molar-refractivity contribution in [1.29, 1.82) is 0 Å². The fourth-order valence-corrected chi connectivity index (χ4v) is 4.52. The van der Waals surface area contributed by atoms with Crippen LogP contribution in [0.1, 0.15) is 17.5 Å². The summed E-state index contributed by atoms with van der Waals surface area (Å²) in [5, 5.41) is 0.546. The van der Waals surface area contributed by atoms with Gasteiger partial charge in [0.15, 0.2) is 0 Å². The molecule has 9 heteroatoms. The molecule has 1 spiro atoms. The molecular formula is C24H21ClFN3O4. The number of anilines is 1. The van der Waals surface area contributed by atoms with E-state index < -0.39 is 23.4 Å². The minimum absolute atomic E-state index is 0.0330. The van der Waals surface area contributed by atoms with Gasteiger partial charge < -0.3 is 14.5 Å². The second-order valence-electron chi connectivity index (χ2n) is 7.98. The number of amides is 3. The van der Waals surface area contributed by atoms with Gasteiger partial charge in [-0.2, -0.15) is 0 Å². The Bertz CT molecular complexity index is 1160. The van der Waals surface area contributed by atoms with E-state index in [0.29, 0.717) is 10.6 Å². The van der Waals surface area contributed by atoms with Gasteiger partial charge in [0.25, 0.3) is 5.91 Å². The van der Waals surface area contributed by atoms with Crippen molar-refractivity contribution in [2.24, 2.45) is 0 Å². The van der Waals surface area contributed by atoms with Crippen LogP contribution in [0.3, 0.4) is 0 Å². The molecule has 2 aromatic carbocycles. The predicted molar refractivity (Wildman–Crippen MR) is 120 cm³/mol. The van der Waals surface area contributed by atoms with Gasteiger partial charge in [-0.05, 0) is 42.3 Å². The normalized spacial score (nSPS) is 20.4. The van der Waals surface area contributed by atoms with Crippen molar-refractivity contribution in [3.05, 3.63) is 64.4 Å². The lowest BCUT2D eigenvalue weighted by Gasteiger charge is -2.47. The summed E-state index contributed by atoms with van der Waals surface area (Å²) in [6, 6.07) is 11.0. The number of halogens is 2. The van der Waals surface area contributed by atoms with Gasteiger partial charge in [0.05, 0.1) is 19.3 Å². The lowest BCUT2D eigenvalue weighted by Crippen LogP contribution is -2.69. The molecule has 170 valence electrons. The van der Waals surface area contributed by atoms with Crippen LogP contribution in [-0.4, -0.2) is 60.0 Å². The van der Waals surface area contributed by atoms with Gasteiger partial charge in [-0.3, -0.25) is 14.5 Å². The summed E-state index contributed by atoms with van der Waals surface area (Å²) >= 11 is 5.97. The van der Waals surface area contributed by atoms with Crippen LogP contribution in [0.5, 0.6) is 0 Å². The van der Waals surface area contributed by atoms with Crippen LogP contribution in [0.2, 0.25) is 5.02 Å². The van der Waals surface area contributed by atoms with Crippen LogP contribution in [0.15, 0.2) is 42.5 Å². The highest BCUT2D eigenvalue weighted by atomic mass is 35.5. The Hall–Kier alpha value is -3.57. The van der Waals surface area contributed by atoms with Gasteiger partial charge in [-0.15, -0.1) is 6.42 Å². The highest BCUT2D eigenvalue weighted by Gasteiger charge is 2.57. The number of piperazine rings is 1. The van der Waals surface area contributed by atoms with Crippen molar-refractivity contribution >= 4 is 35.2 Å². The zero-order valence-electron chi connectivity index (χ0n) is 17.9. The monoisotopic (exact) mass is 469 g/mol. The van der Waals surface area contributed by atoms with Crippen molar-refractivity contribution in [3.8, 4) is 12.3 Å². The Balaban J connectivity index is 1.74. The third-order valence-electron chi connectivity index (χ3n) is 6.09. The molecule has 2 aromatic rings. The maximum atomic E-state index is 14.8. The third-order valence-corrected chi connectivity index (χ3v) is 6.35. The summed E-state index contributed by atoms with van der Waals surface area (Å²) in [5.41, 5.74) is -0.298. The topological polar surface area (TPSA) is 70.2 Å². The lowest BCUT2D eigenvalue weighted by molar-refractivity contribution is -0.151. The smallest absolute Gasteiger partial charge is 0.409 e. The zero-order chi connectivity index (χ0) is 23.8. The number of nitrogens with zero attached hydrogens (tertiary/aromatic N) is 3. The fraction of sp³-hybridized carbons (Fsp3) is 0.292. The van der Waals surface area contributed by atoms with E-state index in [9.17, 15) is 18.8 Å². The molecule has 3 amide bonds. The Morgan fingerprint density at radius 3 is 2.61 bits per heavy atom. The standard InChI is InChI=1S/C24H21ClFN3O4/c1-3-16-6-9-20(19(26)12-16)28-14-21(30)29(13-17-4-7-18(25)8-5-17)24(22(28)31)10-11-27(15-24)23(32)33-2/h1,4-9,12H,10-11,13-15H2,2H3. The maximum absolute atomic E-state index is 14.8. The highest BCUT2D eigenvalue weighted by molar-refractivity contribution is 6.30. The molecule has 7 nitrogen and oxygen atoms in total. The van der Waals surface area contributed by atoms with Crippen molar-refractivity contribution < 1.29 is 23.5 Å². The lowest BCUT2D eigenvalue weighted by atomic mass is 9.90. The predicted octanol–water partition coefficient (Wildman–Crippen LogP) is 3.05. The third kappa shape index (κ3) is 4.00. The number of benzene rings is 2. The number of hydrogen-bond acceptors (Lipinski definition) is 4. The van der Waals surface area contributed by atoms with E-state index in [1.165, 1.54) is 29.0 Å². The molecule has 0 aliphatic carbocycles. The summed E-state index contributed by atoms with van der Waals surface area (Å²) in [6.07, 6.45) is 4.93. The minimum Gasteiger partial charge on any atom is -0.453 e. The zero-order valence-corrected chi connectivity index (χ0v) is 18.6. The van der Waals surface area contributed by atoms with Gasteiger partial charge in [-0.1, -0.05) is 29.7 Å². The Kier molecular flexibility index (Phi) is 6.00.